The number of amides is 2. The van der Waals surface area contributed by atoms with Crippen LogP contribution in [0.4, 0.5) is 41.6 Å². The Morgan fingerprint density at radius 1 is 0.976 bits per heavy atom. The van der Waals surface area contributed by atoms with Crippen molar-refractivity contribution in [3.05, 3.63) is 52.6 Å². The number of nitrogens with zero attached hydrogens (tertiary/aromatic N) is 2. The van der Waals surface area contributed by atoms with Crippen LogP contribution in [0.25, 0.3) is 0 Å². The Balaban J connectivity index is 2.22. The van der Waals surface area contributed by atoms with E-state index < -0.39 is 59.9 Å². The highest BCUT2D eigenvalue weighted by molar-refractivity contribution is 5.91. The Hall–Kier alpha value is -3.84. The molecule has 2 aromatic carbocycles. The van der Waals surface area contributed by atoms with Crippen molar-refractivity contribution in [2.45, 2.75) is 71.2 Å². The third-order valence-electron chi connectivity index (χ3n) is 6.55. The molecule has 14 heteroatoms. The molecule has 2 atom stereocenters. The van der Waals surface area contributed by atoms with Crippen LogP contribution in [0.3, 0.4) is 0 Å². The number of halogens is 6. The van der Waals surface area contributed by atoms with Crippen molar-refractivity contribution in [3.8, 4) is 11.5 Å². The molecule has 0 saturated heterocycles. The molecular formula is C28H32F6N2O6. The molecule has 8 nitrogen and oxygen atoms in total. The van der Waals surface area contributed by atoms with Gasteiger partial charge in [-0.1, -0.05) is 0 Å². The molecule has 2 amide bonds. The number of ether oxygens (including phenoxy) is 4. The van der Waals surface area contributed by atoms with Crippen molar-refractivity contribution in [2.24, 2.45) is 0 Å². The molecule has 0 aliphatic carbocycles. The zero-order valence-electron chi connectivity index (χ0n) is 23.9. The minimum absolute atomic E-state index is 0.0162. The maximum absolute atomic E-state index is 13.5. The first-order valence-electron chi connectivity index (χ1n) is 13.0. The number of alkyl halides is 6. The second-order valence-corrected chi connectivity index (χ2v) is 9.91. The standard InChI is InChI=1S/C28H32F6N2O6/c1-7-41-26(38)36-16(4)8-21(20-12-23(39-5)24(13-22(20)36)42-15(2)3)35(25(37)40-6)14-17-9-18(27(29,30)31)11-19(10-17)28(32,33)34/h9-13,15-16,21H,7-8,14H2,1-6H3. The quantitative estimate of drug-likeness (QED) is 0.303. The zero-order valence-corrected chi connectivity index (χ0v) is 23.9. The van der Waals surface area contributed by atoms with Crippen molar-refractivity contribution >= 4 is 17.9 Å². The summed E-state index contributed by atoms with van der Waals surface area (Å²) >= 11 is 0. The molecule has 42 heavy (non-hydrogen) atoms. The fourth-order valence-electron chi connectivity index (χ4n) is 4.83. The summed E-state index contributed by atoms with van der Waals surface area (Å²) in [5.41, 5.74) is -2.86. The second-order valence-electron chi connectivity index (χ2n) is 9.91. The van der Waals surface area contributed by atoms with Crippen LogP contribution < -0.4 is 14.4 Å². The summed E-state index contributed by atoms with van der Waals surface area (Å²) in [6, 6.07) is 2.59. The molecule has 0 fully saturated rings. The van der Waals surface area contributed by atoms with Gasteiger partial charge in [0.1, 0.15) is 0 Å². The van der Waals surface area contributed by atoms with E-state index in [2.05, 4.69) is 0 Å². The molecule has 232 valence electrons. The van der Waals surface area contributed by atoms with E-state index in [4.69, 9.17) is 18.9 Å². The number of rotatable bonds is 7. The minimum atomic E-state index is -5.07. The van der Waals surface area contributed by atoms with Gasteiger partial charge in [0.15, 0.2) is 11.5 Å². The lowest BCUT2D eigenvalue weighted by Crippen LogP contribution is -2.47. The topological polar surface area (TPSA) is 77.5 Å². The Kier molecular flexibility index (Phi) is 9.78. The van der Waals surface area contributed by atoms with Gasteiger partial charge in [-0.05, 0) is 63.9 Å². The van der Waals surface area contributed by atoms with Gasteiger partial charge in [-0.3, -0.25) is 9.80 Å². The monoisotopic (exact) mass is 606 g/mol. The summed E-state index contributed by atoms with van der Waals surface area (Å²) in [5, 5.41) is 0. The molecule has 3 rings (SSSR count). The maximum Gasteiger partial charge on any atom is 0.416 e. The van der Waals surface area contributed by atoms with Crippen LogP contribution in [0, 0.1) is 0 Å². The number of benzene rings is 2. The number of hydrogen-bond donors (Lipinski definition) is 0. The van der Waals surface area contributed by atoms with E-state index in [1.54, 1.807) is 27.7 Å². The summed E-state index contributed by atoms with van der Waals surface area (Å²) in [6.07, 6.45) is -12.1. The maximum atomic E-state index is 13.5. The van der Waals surface area contributed by atoms with Crippen LogP contribution in [0.2, 0.25) is 0 Å². The first-order valence-corrected chi connectivity index (χ1v) is 13.0. The van der Waals surface area contributed by atoms with Crippen LogP contribution in [-0.2, 0) is 28.4 Å². The molecule has 0 aromatic heterocycles. The lowest BCUT2D eigenvalue weighted by atomic mass is 9.90. The Morgan fingerprint density at radius 3 is 2.05 bits per heavy atom. The van der Waals surface area contributed by atoms with E-state index in [1.807, 2.05) is 0 Å². The van der Waals surface area contributed by atoms with Gasteiger partial charge in [-0.25, -0.2) is 9.59 Å². The van der Waals surface area contributed by atoms with Crippen LogP contribution in [0.1, 0.15) is 62.4 Å². The number of anilines is 1. The Morgan fingerprint density at radius 2 is 1.57 bits per heavy atom. The van der Waals surface area contributed by atoms with Crippen molar-refractivity contribution in [2.75, 3.05) is 25.7 Å². The van der Waals surface area contributed by atoms with Crippen molar-refractivity contribution in [1.29, 1.82) is 0 Å². The number of methoxy groups -OCH3 is 2. The molecule has 2 aromatic rings. The Labute approximate surface area is 239 Å². The van der Waals surface area contributed by atoms with Gasteiger partial charge in [0.2, 0.25) is 0 Å². The molecule has 2 unspecified atom stereocenters. The third-order valence-corrected chi connectivity index (χ3v) is 6.55. The van der Waals surface area contributed by atoms with Gasteiger partial charge in [0.25, 0.3) is 0 Å². The van der Waals surface area contributed by atoms with Crippen LogP contribution in [0.15, 0.2) is 30.3 Å². The van der Waals surface area contributed by atoms with Gasteiger partial charge < -0.3 is 18.9 Å². The Bertz CT molecular complexity index is 1260. The molecule has 1 aliphatic rings. The minimum Gasteiger partial charge on any atom is -0.493 e. The van der Waals surface area contributed by atoms with Gasteiger partial charge in [0, 0.05) is 24.2 Å². The highest BCUT2D eigenvalue weighted by atomic mass is 19.4. The summed E-state index contributed by atoms with van der Waals surface area (Å²) < 4.78 is 103. The van der Waals surface area contributed by atoms with E-state index >= 15 is 0 Å². The molecule has 1 aliphatic heterocycles. The summed E-state index contributed by atoms with van der Waals surface area (Å²) in [6.45, 7) is 6.25. The number of fused-ring (bicyclic) bond motifs is 1. The van der Waals surface area contributed by atoms with Crippen molar-refractivity contribution < 1.29 is 54.9 Å². The van der Waals surface area contributed by atoms with Gasteiger partial charge in [-0.2, -0.15) is 26.3 Å². The fraction of sp³-hybridized carbons (Fsp3) is 0.500. The van der Waals surface area contributed by atoms with E-state index in [0.717, 1.165) is 12.0 Å². The SMILES string of the molecule is CCOC(=O)N1c2cc(OC(C)C)c(OC)cc2C(N(Cc2cc(C(F)(F)F)cc(C(F)(F)F)c2)C(=O)OC)CC1C. The lowest BCUT2D eigenvalue weighted by Gasteiger charge is -2.42. The largest absolute Gasteiger partial charge is 0.493 e. The molecule has 0 radical (unpaired) electrons. The van der Waals surface area contributed by atoms with E-state index in [1.165, 1.54) is 24.1 Å². The summed E-state index contributed by atoms with van der Waals surface area (Å²) in [7, 11) is 2.42. The van der Waals surface area contributed by atoms with Gasteiger partial charge >= 0.3 is 24.5 Å². The summed E-state index contributed by atoms with van der Waals surface area (Å²) in [5.74, 6) is 0.500. The molecule has 1 heterocycles. The van der Waals surface area contributed by atoms with Crippen molar-refractivity contribution in [3.63, 3.8) is 0 Å². The van der Waals surface area contributed by atoms with Crippen molar-refractivity contribution in [1.82, 2.24) is 4.90 Å². The molecule has 0 bridgehead atoms. The molecule has 0 N–H and O–H groups in total. The molecular weight excluding hydrogens is 574 g/mol. The fourth-order valence-corrected chi connectivity index (χ4v) is 4.83. The lowest BCUT2D eigenvalue weighted by molar-refractivity contribution is -0.143. The normalized spacial score (nSPS) is 17.0. The van der Waals surface area contributed by atoms with Crippen LogP contribution in [-0.4, -0.2) is 50.1 Å². The average Bonchev–Trinajstić information content (AvgIpc) is 2.89. The van der Waals surface area contributed by atoms with Gasteiger partial charge in [0.05, 0.1) is 49.8 Å². The first-order chi connectivity index (χ1) is 19.5. The number of hydrogen-bond acceptors (Lipinski definition) is 6. The van der Waals surface area contributed by atoms with Gasteiger partial charge in [-0.15, -0.1) is 0 Å². The van der Waals surface area contributed by atoms with E-state index in [0.29, 0.717) is 17.7 Å². The molecule has 0 saturated carbocycles. The van der Waals surface area contributed by atoms with Crippen LogP contribution in [0.5, 0.6) is 11.5 Å². The zero-order chi connectivity index (χ0) is 31.6. The number of carbonyl (C=O) groups excluding carboxylic acids is 2. The predicted octanol–water partition coefficient (Wildman–Crippen LogP) is 7.58. The summed E-state index contributed by atoms with van der Waals surface area (Å²) in [4.78, 5) is 28.4. The van der Waals surface area contributed by atoms with Crippen LogP contribution >= 0.6 is 0 Å². The average molecular weight is 607 g/mol. The highest BCUT2D eigenvalue weighted by Gasteiger charge is 2.42. The smallest absolute Gasteiger partial charge is 0.416 e. The molecule has 0 spiro atoms. The predicted molar refractivity (Wildman–Crippen MR) is 139 cm³/mol. The third kappa shape index (κ3) is 7.13. The van der Waals surface area contributed by atoms with E-state index in [9.17, 15) is 35.9 Å². The first kappa shape index (κ1) is 32.7. The van der Waals surface area contributed by atoms with E-state index in [-0.39, 0.29) is 42.4 Å². The number of carbonyl (C=O) groups is 2. The highest BCUT2D eigenvalue weighted by Crippen LogP contribution is 2.47. The second kappa shape index (κ2) is 12.6.